The van der Waals surface area contributed by atoms with Crippen LogP contribution >= 0.6 is 0 Å². The zero-order valence-corrected chi connectivity index (χ0v) is 16.9. The van der Waals surface area contributed by atoms with Crippen LogP contribution in [-0.2, 0) is 32.1 Å². The van der Waals surface area contributed by atoms with Crippen molar-refractivity contribution >= 4 is 29.6 Å². The standard InChI is InChI=1S/C21H22F3NO5/c1-5-13-12(3)15-10-30-19(27)17(15)18(25-20(28)21(22,23)24)14(13)8-6-11(2)7-9-16(26)29-4/h5-6H,1,7-10H2,2-4H3,(H,25,28)/b11-6+. The Labute approximate surface area is 171 Å². The van der Waals surface area contributed by atoms with Gasteiger partial charge in [-0.1, -0.05) is 24.3 Å². The first-order valence-electron chi connectivity index (χ1n) is 9.09. The van der Waals surface area contributed by atoms with Crippen molar-refractivity contribution in [2.45, 2.75) is 45.9 Å². The Bertz CT molecular complexity index is 932. The first kappa shape index (κ1) is 23.2. The summed E-state index contributed by atoms with van der Waals surface area (Å²) in [4.78, 5) is 35.2. The molecule has 1 heterocycles. The van der Waals surface area contributed by atoms with Crippen molar-refractivity contribution in [1.29, 1.82) is 0 Å². The predicted octanol–water partition coefficient (Wildman–Crippen LogP) is 4.25. The van der Waals surface area contributed by atoms with Crippen molar-refractivity contribution < 1.29 is 37.0 Å². The summed E-state index contributed by atoms with van der Waals surface area (Å²) in [6, 6.07) is 0. The molecule has 1 N–H and O–H groups in total. The number of esters is 2. The van der Waals surface area contributed by atoms with E-state index in [4.69, 9.17) is 4.74 Å². The first-order chi connectivity index (χ1) is 14.0. The lowest BCUT2D eigenvalue weighted by Gasteiger charge is -2.19. The van der Waals surface area contributed by atoms with E-state index in [1.54, 1.807) is 19.9 Å². The van der Waals surface area contributed by atoms with Gasteiger partial charge in [-0.05, 0) is 43.4 Å². The van der Waals surface area contributed by atoms with Gasteiger partial charge >= 0.3 is 24.0 Å². The van der Waals surface area contributed by atoms with Gasteiger partial charge in [0.25, 0.3) is 0 Å². The highest BCUT2D eigenvalue weighted by molar-refractivity contribution is 6.07. The van der Waals surface area contributed by atoms with E-state index in [1.165, 1.54) is 13.2 Å². The van der Waals surface area contributed by atoms with Gasteiger partial charge in [-0.2, -0.15) is 13.2 Å². The molecule has 9 heteroatoms. The Hall–Kier alpha value is -3.10. The lowest BCUT2D eigenvalue weighted by molar-refractivity contribution is -0.167. The summed E-state index contributed by atoms with van der Waals surface area (Å²) >= 11 is 0. The fraction of sp³-hybridized carbons (Fsp3) is 0.381. The third kappa shape index (κ3) is 4.90. The number of cyclic esters (lactones) is 1. The number of alkyl halides is 3. The van der Waals surface area contributed by atoms with Crippen molar-refractivity contribution in [2.24, 2.45) is 0 Å². The Kier molecular flexibility index (Phi) is 7.07. The maximum atomic E-state index is 12.9. The molecule has 30 heavy (non-hydrogen) atoms. The van der Waals surface area contributed by atoms with Gasteiger partial charge in [-0.3, -0.25) is 9.59 Å². The molecule has 0 fully saturated rings. The topological polar surface area (TPSA) is 81.7 Å². The second-order valence-corrected chi connectivity index (χ2v) is 6.81. The van der Waals surface area contributed by atoms with Crippen LogP contribution in [0, 0.1) is 6.92 Å². The molecule has 0 aromatic heterocycles. The second-order valence-electron chi connectivity index (χ2n) is 6.81. The van der Waals surface area contributed by atoms with Crippen LogP contribution in [0.25, 0.3) is 6.08 Å². The highest BCUT2D eigenvalue weighted by Crippen LogP contribution is 2.38. The number of carbonyl (C=O) groups is 3. The lowest BCUT2D eigenvalue weighted by Crippen LogP contribution is -2.31. The van der Waals surface area contributed by atoms with E-state index in [0.29, 0.717) is 28.7 Å². The molecule has 0 saturated heterocycles. The van der Waals surface area contributed by atoms with Gasteiger partial charge in [-0.15, -0.1) is 0 Å². The van der Waals surface area contributed by atoms with Crippen LogP contribution < -0.4 is 5.32 Å². The number of anilines is 1. The van der Waals surface area contributed by atoms with Crippen LogP contribution in [-0.4, -0.2) is 31.1 Å². The normalized spacial score (nSPS) is 13.5. The Balaban J connectivity index is 2.54. The summed E-state index contributed by atoms with van der Waals surface area (Å²) in [6.45, 7) is 7.10. The highest BCUT2D eigenvalue weighted by Gasteiger charge is 2.41. The first-order valence-corrected chi connectivity index (χ1v) is 9.09. The number of ether oxygens (including phenoxy) is 2. The van der Waals surface area contributed by atoms with Gasteiger partial charge in [0.15, 0.2) is 0 Å². The number of carbonyl (C=O) groups excluding carboxylic acids is 3. The Morgan fingerprint density at radius 2 is 1.97 bits per heavy atom. The van der Waals surface area contributed by atoms with E-state index < -0.39 is 18.1 Å². The maximum Gasteiger partial charge on any atom is 0.471 e. The third-order valence-electron chi connectivity index (χ3n) is 4.89. The van der Waals surface area contributed by atoms with Gasteiger partial charge in [-0.25, -0.2) is 4.79 Å². The van der Waals surface area contributed by atoms with E-state index in [9.17, 15) is 27.6 Å². The number of benzene rings is 1. The average molecular weight is 425 g/mol. The van der Waals surface area contributed by atoms with Crippen LogP contribution in [0.15, 0.2) is 18.2 Å². The summed E-state index contributed by atoms with van der Waals surface area (Å²) in [7, 11) is 1.28. The number of fused-ring (bicyclic) bond motifs is 1. The number of halogens is 3. The SMILES string of the molecule is C=Cc1c(C)c2c(c(NC(=O)C(F)(F)F)c1C/C=C(\C)CCC(=O)OC)C(=O)OC2. The molecule has 0 bridgehead atoms. The van der Waals surface area contributed by atoms with Crippen LogP contribution in [0.5, 0.6) is 0 Å². The fourth-order valence-corrected chi connectivity index (χ4v) is 3.22. The van der Waals surface area contributed by atoms with Crippen LogP contribution in [0.3, 0.4) is 0 Å². The molecular weight excluding hydrogens is 403 g/mol. The summed E-state index contributed by atoms with van der Waals surface area (Å²) in [5, 5.41) is 1.85. The number of rotatable bonds is 7. The zero-order valence-electron chi connectivity index (χ0n) is 16.9. The average Bonchev–Trinajstić information content (AvgIpc) is 3.07. The molecule has 0 atom stereocenters. The van der Waals surface area contributed by atoms with Gasteiger partial charge in [0.05, 0.1) is 18.4 Å². The predicted molar refractivity (Wildman–Crippen MR) is 104 cm³/mol. The third-order valence-corrected chi connectivity index (χ3v) is 4.89. The summed E-state index contributed by atoms with van der Waals surface area (Å²) in [6.07, 6.45) is -1.27. The van der Waals surface area contributed by atoms with Gasteiger partial charge in [0.2, 0.25) is 0 Å². The van der Waals surface area contributed by atoms with Crippen molar-refractivity contribution in [2.75, 3.05) is 12.4 Å². The van der Waals surface area contributed by atoms with E-state index >= 15 is 0 Å². The number of methoxy groups -OCH3 is 1. The molecule has 0 unspecified atom stereocenters. The number of nitrogens with one attached hydrogen (secondary N) is 1. The summed E-state index contributed by atoms with van der Waals surface area (Å²) in [5.41, 5.74) is 2.38. The number of hydrogen-bond acceptors (Lipinski definition) is 5. The molecule has 1 amide bonds. The van der Waals surface area contributed by atoms with Crippen molar-refractivity contribution in [3.63, 3.8) is 0 Å². The van der Waals surface area contributed by atoms with Crippen LogP contribution in [0.1, 0.15) is 52.4 Å². The van der Waals surface area contributed by atoms with Gasteiger partial charge < -0.3 is 14.8 Å². The van der Waals surface area contributed by atoms with E-state index in [2.05, 4.69) is 11.3 Å². The fourth-order valence-electron chi connectivity index (χ4n) is 3.22. The number of allylic oxidation sites excluding steroid dienone is 2. The van der Waals surface area contributed by atoms with Crippen LogP contribution in [0.2, 0.25) is 0 Å². The van der Waals surface area contributed by atoms with Gasteiger partial charge in [0, 0.05) is 12.0 Å². The monoisotopic (exact) mass is 425 g/mol. The molecule has 6 nitrogen and oxygen atoms in total. The molecule has 162 valence electrons. The number of amides is 1. The van der Waals surface area contributed by atoms with Crippen molar-refractivity contribution in [3.05, 3.63) is 46.0 Å². The minimum Gasteiger partial charge on any atom is -0.469 e. The Morgan fingerprint density at radius 1 is 1.30 bits per heavy atom. The quantitative estimate of drug-likeness (QED) is 0.522. The van der Waals surface area contributed by atoms with E-state index in [-0.39, 0.29) is 36.7 Å². The largest absolute Gasteiger partial charge is 0.471 e. The number of hydrogen-bond donors (Lipinski definition) is 1. The van der Waals surface area contributed by atoms with E-state index in [1.807, 2.05) is 5.32 Å². The maximum absolute atomic E-state index is 12.9. The smallest absolute Gasteiger partial charge is 0.469 e. The molecule has 1 aromatic rings. The molecular formula is C21H22F3NO5. The zero-order chi connectivity index (χ0) is 22.6. The Morgan fingerprint density at radius 3 is 2.53 bits per heavy atom. The highest BCUT2D eigenvalue weighted by atomic mass is 19.4. The molecule has 1 aliphatic heterocycles. The summed E-state index contributed by atoms with van der Waals surface area (Å²) < 4.78 is 48.3. The van der Waals surface area contributed by atoms with Crippen LogP contribution in [0.4, 0.5) is 18.9 Å². The second kappa shape index (κ2) is 9.15. The van der Waals surface area contributed by atoms with Crippen molar-refractivity contribution in [3.8, 4) is 0 Å². The minimum atomic E-state index is -5.13. The minimum absolute atomic E-state index is 0.0775. The molecule has 1 aliphatic rings. The van der Waals surface area contributed by atoms with Crippen molar-refractivity contribution in [1.82, 2.24) is 0 Å². The molecule has 0 radical (unpaired) electrons. The van der Waals surface area contributed by atoms with E-state index in [0.717, 1.165) is 5.57 Å². The summed E-state index contributed by atoms with van der Waals surface area (Å²) in [5.74, 6) is -3.37. The molecule has 2 rings (SSSR count). The molecule has 1 aromatic carbocycles. The van der Waals surface area contributed by atoms with Gasteiger partial charge in [0.1, 0.15) is 6.61 Å². The molecule has 0 aliphatic carbocycles. The molecule has 0 saturated carbocycles. The lowest BCUT2D eigenvalue weighted by atomic mass is 9.89. The molecule has 0 spiro atoms.